The fourth-order valence-corrected chi connectivity index (χ4v) is 4.82. The molecule has 0 atom stereocenters. The second-order valence-corrected chi connectivity index (χ2v) is 7.81. The molecule has 3 rings (SSSR count). The molecule has 7 nitrogen and oxygen atoms in total. The highest BCUT2D eigenvalue weighted by molar-refractivity contribution is 7.93. The molecule has 1 aliphatic heterocycles. The van der Waals surface area contributed by atoms with E-state index in [1.807, 2.05) is 0 Å². The van der Waals surface area contributed by atoms with Crippen molar-refractivity contribution in [2.45, 2.75) is 17.7 Å². The average Bonchev–Trinajstić information content (AvgIpc) is 2.60. The minimum atomic E-state index is -3.98. The number of nitrogens with zero attached hydrogens (tertiary/aromatic N) is 2. The van der Waals surface area contributed by atoms with E-state index in [9.17, 15) is 18.5 Å². The Hall–Kier alpha value is -2.32. The summed E-state index contributed by atoms with van der Waals surface area (Å²) in [7, 11) is -2.61. The minimum absolute atomic E-state index is 0.0677. The van der Waals surface area contributed by atoms with Gasteiger partial charge in [-0.15, -0.1) is 0 Å². The zero-order chi connectivity index (χ0) is 18.2. The lowest BCUT2D eigenvalue weighted by molar-refractivity contribution is -0.384. The highest BCUT2D eigenvalue weighted by atomic mass is 35.5. The van der Waals surface area contributed by atoms with Crippen LogP contribution in [0.3, 0.4) is 0 Å². The molecule has 0 saturated carbocycles. The van der Waals surface area contributed by atoms with Crippen molar-refractivity contribution in [3.05, 3.63) is 57.1 Å². The zero-order valence-electron chi connectivity index (χ0n) is 13.3. The van der Waals surface area contributed by atoms with Crippen molar-refractivity contribution in [2.75, 3.05) is 18.0 Å². The van der Waals surface area contributed by atoms with Gasteiger partial charge in [-0.05, 0) is 36.6 Å². The van der Waals surface area contributed by atoms with Crippen molar-refractivity contribution in [1.29, 1.82) is 0 Å². The molecule has 1 heterocycles. The molecule has 0 bridgehead atoms. The smallest absolute Gasteiger partial charge is 0.271 e. The van der Waals surface area contributed by atoms with E-state index < -0.39 is 14.9 Å². The van der Waals surface area contributed by atoms with E-state index in [0.717, 1.165) is 5.56 Å². The van der Waals surface area contributed by atoms with Crippen LogP contribution in [0.5, 0.6) is 5.75 Å². The first-order valence-electron chi connectivity index (χ1n) is 7.48. The van der Waals surface area contributed by atoms with Crippen LogP contribution in [0.15, 0.2) is 41.3 Å². The van der Waals surface area contributed by atoms with Crippen LogP contribution in [0.4, 0.5) is 11.4 Å². The van der Waals surface area contributed by atoms with Crippen molar-refractivity contribution < 1.29 is 18.1 Å². The third-order valence-electron chi connectivity index (χ3n) is 4.05. The quantitative estimate of drug-likeness (QED) is 0.597. The molecule has 2 aromatic rings. The van der Waals surface area contributed by atoms with Gasteiger partial charge in [-0.3, -0.25) is 14.4 Å². The first-order valence-corrected chi connectivity index (χ1v) is 9.30. The second-order valence-electron chi connectivity index (χ2n) is 5.55. The molecule has 132 valence electrons. The van der Waals surface area contributed by atoms with Crippen LogP contribution >= 0.6 is 11.6 Å². The minimum Gasteiger partial charge on any atom is -0.495 e. The van der Waals surface area contributed by atoms with Crippen molar-refractivity contribution in [1.82, 2.24) is 0 Å². The summed E-state index contributed by atoms with van der Waals surface area (Å²) in [6.07, 6.45) is 1.28. The molecule has 9 heteroatoms. The Kier molecular flexibility index (Phi) is 4.57. The van der Waals surface area contributed by atoms with Crippen LogP contribution in [0, 0.1) is 10.1 Å². The highest BCUT2D eigenvalue weighted by Crippen LogP contribution is 2.37. The Morgan fingerprint density at radius 3 is 2.68 bits per heavy atom. The summed E-state index contributed by atoms with van der Waals surface area (Å²) in [5.41, 5.74) is 0.919. The molecule has 0 saturated heterocycles. The van der Waals surface area contributed by atoms with Crippen LogP contribution < -0.4 is 9.04 Å². The van der Waals surface area contributed by atoms with Gasteiger partial charge in [-0.2, -0.15) is 0 Å². The molecular weight excluding hydrogens is 368 g/mol. The predicted molar refractivity (Wildman–Crippen MR) is 94.0 cm³/mol. The maximum absolute atomic E-state index is 13.2. The van der Waals surface area contributed by atoms with Gasteiger partial charge in [0.1, 0.15) is 10.6 Å². The summed E-state index contributed by atoms with van der Waals surface area (Å²) in [6.45, 7) is 0.228. The molecule has 0 unspecified atom stereocenters. The topological polar surface area (TPSA) is 89.8 Å². The number of hydrogen-bond acceptors (Lipinski definition) is 5. The SMILES string of the molecule is COc1ccc(Cl)cc1S(=O)(=O)N1CCCc2ccc([N+](=O)[O-])cc21. The van der Waals surface area contributed by atoms with Gasteiger partial charge in [0.15, 0.2) is 0 Å². The number of halogens is 1. The van der Waals surface area contributed by atoms with Gasteiger partial charge >= 0.3 is 0 Å². The molecule has 0 N–H and O–H groups in total. The number of benzene rings is 2. The zero-order valence-corrected chi connectivity index (χ0v) is 14.9. The molecule has 0 aliphatic carbocycles. The molecule has 1 aliphatic rings. The summed E-state index contributed by atoms with van der Waals surface area (Å²) in [5.74, 6) is 0.168. The molecule has 0 amide bonds. The predicted octanol–water partition coefficient (Wildman–Crippen LogP) is 3.40. The monoisotopic (exact) mass is 382 g/mol. The van der Waals surface area contributed by atoms with Crippen LogP contribution in [0.1, 0.15) is 12.0 Å². The van der Waals surface area contributed by atoms with E-state index in [4.69, 9.17) is 16.3 Å². The number of sulfonamides is 1. The van der Waals surface area contributed by atoms with E-state index in [0.29, 0.717) is 18.5 Å². The number of non-ortho nitro benzene ring substituents is 1. The Labute approximate surface area is 150 Å². The first kappa shape index (κ1) is 17.5. The number of nitro groups is 1. The Bertz CT molecular complexity index is 946. The number of ether oxygens (including phenoxy) is 1. The van der Waals surface area contributed by atoms with Crippen molar-refractivity contribution >= 4 is 33.0 Å². The van der Waals surface area contributed by atoms with Gasteiger partial charge in [0.2, 0.25) is 0 Å². The Morgan fingerprint density at radius 1 is 1.24 bits per heavy atom. The molecule has 0 radical (unpaired) electrons. The van der Waals surface area contributed by atoms with Gasteiger partial charge < -0.3 is 4.74 Å². The second kappa shape index (κ2) is 6.53. The number of fused-ring (bicyclic) bond motifs is 1. The molecule has 25 heavy (non-hydrogen) atoms. The van der Waals surface area contributed by atoms with Crippen LogP contribution in [0.2, 0.25) is 5.02 Å². The molecule has 0 fully saturated rings. The van der Waals surface area contributed by atoms with Crippen LogP contribution in [-0.4, -0.2) is 27.0 Å². The van der Waals surface area contributed by atoms with E-state index >= 15 is 0 Å². The normalized spacial score (nSPS) is 14.1. The lowest BCUT2D eigenvalue weighted by atomic mass is 10.0. The van der Waals surface area contributed by atoms with Crippen LogP contribution in [0.25, 0.3) is 0 Å². The first-order chi connectivity index (χ1) is 11.8. The molecule has 0 aromatic heterocycles. The fraction of sp³-hybridized carbons (Fsp3) is 0.250. The molecular formula is C16H15ClN2O5S. The summed E-state index contributed by atoms with van der Waals surface area (Å²) >= 11 is 5.96. The van der Waals surface area contributed by atoms with E-state index in [-0.39, 0.29) is 27.9 Å². The Balaban J connectivity index is 2.16. The number of anilines is 1. The highest BCUT2D eigenvalue weighted by Gasteiger charge is 2.32. The largest absolute Gasteiger partial charge is 0.495 e. The lowest BCUT2D eigenvalue weighted by Crippen LogP contribution is -2.35. The summed E-state index contributed by atoms with van der Waals surface area (Å²) in [6, 6.07) is 8.62. The maximum Gasteiger partial charge on any atom is 0.271 e. The fourth-order valence-electron chi connectivity index (χ4n) is 2.86. The van der Waals surface area contributed by atoms with Gasteiger partial charge in [-0.25, -0.2) is 8.42 Å². The number of rotatable bonds is 4. The summed E-state index contributed by atoms with van der Waals surface area (Å²) in [4.78, 5) is 10.4. The van der Waals surface area contributed by atoms with Gasteiger partial charge in [0, 0.05) is 23.7 Å². The number of aryl methyl sites for hydroxylation is 1. The number of nitro benzene ring substituents is 1. The van der Waals surface area contributed by atoms with Crippen LogP contribution in [-0.2, 0) is 16.4 Å². The summed E-state index contributed by atoms with van der Waals surface area (Å²) < 4.78 is 32.7. The van der Waals surface area contributed by atoms with E-state index in [2.05, 4.69) is 0 Å². The third kappa shape index (κ3) is 3.14. The standard InChI is InChI=1S/C16H15ClN2O5S/c1-24-15-7-5-12(17)9-16(15)25(22,23)18-8-2-3-11-4-6-13(19(20)21)10-14(11)18/h4-7,9-10H,2-3,8H2,1H3. The third-order valence-corrected chi connectivity index (χ3v) is 6.12. The molecule has 0 spiro atoms. The lowest BCUT2D eigenvalue weighted by Gasteiger charge is -2.30. The van der Waals surface area contributed by atoms with Crippen molar-refractivity contribution in [3.8, 4) is 5.75 Å². The molecule has 2 aromatic carbocycles. The van der Waals surface area contributed by atoms with E-state index in [1.165, 1.54) is 41.7 Å². The maximum atomic E-state index is 13.2. The van der Waals surface area contributed by atoms with Crippen molar-refractivity contribution in [2.24, 2.45) is 0 Å². The number of hydrogen-bond donors (Lipinski definition) is 0. The Morgan fingerprint density at radius 2 is 2.00 bits per heavy atom. The van der Waals surface area contributed by atoms with E-state index in [1.54, 1.807) is 6.07 Å². The average molecular weight is 383 g/mol. The van der Waals surface area contributed by atoms with Gasteiger partial charge in [0.05, 0.1) is 17.7 Å². The van der Waals surface area contributed by atoms with Crippen molar-refractivity contribution in [3.63, 3.8) is 0 Å². The number of methoxy groups -OCH3 is 1. The van der Waals surface area contributed by atoms with Gasteiger partial charge in [0.25, 0.3) is 15.7 Å². The van der Waals surface area contributed by atoms with Gasteiger partial charge in [-0.1, -0.05) is 17.7 Å². The summed E-state index contributed by atoms with van der Waals surface area (Å²) in [5, 5.41) is 11.3.